The SMILES string of the molecule is Cc1ccc(C2=CCCN([C@H](C)[C@](O)(Cn3cncn3)c3ccc(F)cc3F)C2)nc1C. The summed E-state index contributed by atoms with van der Waals surface area (Å²) in [6.45, 7) is 7.09. The lowest BCUT2D eigenvalue weighted by atomic mass is 9.84. The van der Waals surface area contributed by atoms with Crippen molar-refractivity contribution in [2.24, 2.45) is 0 Å². The highest BCUT2D eigenvalue weighted by Gasteiger charge is 2.42. The lowest BCUT2D eigenvalue weighted by molar-refractivity contribution is -0.0608. The van der Waals surface area contributed by atoms with Crippen molar-refractivity contribution >= 4 is 5.57 Å². The van der Waals surface area contributed by atoms with Gasteiger partial charge >= 0.3 is 0 Å². The highest BCUT2D eigenvalue weighted by atomic mass is 19.1. The minimum absolute atomic E-state index is 0.0197. The van der Waals surface area contributed by atoms with Crippen molar-refractivity contribution in [1.29, 1.82) is 0 Å². The van der Waals surface area contributed by atoms with Crippen LogP contribution in [0.5, 0.6) is 0 Å². The van der Waals surface area contributed by atoms with Crippen molar-refractivity contribution in [1.82, 2.24) is 24.6 Å². The molecule has 0 unspecified atom stereocenters. The van der Waals surface area contributed by atoms with E-state index in [9.17, 15) is 13.9 Å². The molecule has 0 bridgehead atoms. The Hall–Kier alpha value is -2.97. The molecule has 2 aromatic heterocycles. The van der Waals surface area contributed by atoms with Gasteiger partial charge in [-0.25, -0.2) is 18.4 Å². The number of nitrogens with zero attached hydrogens (tertiary/aromatic N) is 5. The Labute approximate surface area is 186 Å². The summed E-state index contributed by atoms with van der Waals surface area (Å²) >= 11 is 0. The minimum atomic E-state index is -1.66. The number of pyridine rings is 1. The van der Waals surface area contributed by atoms with Crippen LogP contribution in [0.1, 0.15) is 35.9 Å². The van der Waals surface area contributed by atoms with Gasteiger partial charge in [-0.1, -0.05) is 18.2 Å². The molecule has 0 saturated heterocycles. The van der Waals surface area contributed by atoms with E-state index in [-0.39, 0.29) is 12.1 Å². The van der Waals surface area contributed by atoms with Crippen LogP contribution in [0.15, 0.2) is 49.1 Å². The van der Waals surface area contributed by atoms with Crippen molar-refractivity contribution in [3.8, 4) is 0 Å². The van der Waals surface area contributed by atoms with Gasteiger partial charge in [-0.2, -0.15) is 5.10 Å². The highest BCUT2D eigenvalue weighted by molar-refractivity contribution is 5.65. The number of hydrogen-bond acceptors (Lipinski definition) is 5. The van der Waals surface area contributed by atoms with Crippen LogP contribution in [-0.2, 0) is 12.1 Å². The molecule has 1 N–H and O–H groups in total. The molecule has 0 spiro atoms. The Morgan fingerprint density at radius 2 is 2.00 bits per heavy atom. The lowest BCUT2D eigenvalue weighted by Gasteiger charge is -2.42. The van der Waals surface area contributed by atoms with Gasteiger partial charge in [-0.3, -0.25) is 9.88 Å². The lowest BCUT2D eigenvalue weighted by Crippen LogP contribution is -2.53. The van der Waals surface area contributed by atoms with Crippen molar-refractivity contribution < 1.29 is 13.9 Å². The van der Waals surface area contributed by atoms with Crippen molar-refractivity contribution in [3.05, 3.63) is 83.2 Å². The van der Waals surface area contributed by atoms with Crippen molar-refractivity contribution in [3.63, 3.8) is 0 Å². The standard InChI is InChI=1S/C24H27F2N5O/c1-16-6-9-23(29-17(16)2)19-5-4-10-30(12-19)18(3)24(32,13-31-15-27-14-28-31)21-8-7-20(25)11-22(21)26/h5-9,11,14-15,18,32H,4,10,12-13H2,1-3H3/t18-,24-/m1/s1. The Kier molecular flexibility index (Phi) is 6.17. The maximum absolute atomic E-state index is 14.8. The number of hydrogen-bond donors (Lipinski definition) is 1. The number of aromatic nitrogens is 4. The first kappa shape index (κ1) is 22.2. The smallest absolute Gasteiger partial charge is 0.137 e. The molecule has 1 aromatic carbocycles. The van der Waals surface area contributed by atoms with Crippen LogP contribution in [-0.4, -0.2) is 48.9 Å². The summed E-state index contributed by atoms with van der Waals surface area (Å²) in [4.78, 5) is 10.7. The van der Waals surface area contributed by atoms with E-state index in [0.717, 1.165) is 41.1 Å². The summed E-state index contributed by atoms with van der Waals surface area (Å²) < 4.78 is 29.9. The Bertz CT molecular complexity index is 1130. The van der Waals surface area contributed by atoms with Crippen LogP contribution in [0.4, 0.5) is 8.78 Å². The summed E-state index contributed by atoms with van der Waals surface area (Å²) in [6.07, 6.45) is 5.77. The van der Waals surface area contributed by atoms with E-state index in [0.29, 0.717) is 13.1 Å². The van der Waals surface area contributed by atoms with Crippen LogP contribution in [0, 0.1) is 25.5 Å². The van der Waals surface area contributed by atoms with Crippen LogP contribution >= 0.6 is 0 Å². The normalized spacial score (nSPS) is 17.6. The third kappa shape index (κ3) is 4.33. The predicted molar refractivity (Wildman–Crippen MR) is 118 cm³/mol. The molecule has 3 heterocycles. The summed E-state index contributed by atoms with van der Waals surface area (Å²) in [5.41, 5.74) is 2.44. The van der Waals surface area contributed by atoms with Gasteiger partial charge < -0.3 is 5.11 Å². The fourth-order valence-electron chi connectivity index (χ4n) is 4.24. The van der Waals surface area contributed by atoms with Gasteiger partial charge in [0.2, 0.25) is 0 Å². The molecule has 168 valence electrons. The predicted octanol–water partition coefficient (Wildman–Crippen LogP) is 3.63. The maximum atomic E-state index is 14.8. The maximum Gasteiger partial charge on any atom is 0.137 e. The average molecular weight is 440 g/mol. The van der Waals surface area contributed by atoms with Gasteiger partial charge in [0.1, 0.15) is 29.9 Å². The molecule has 0 amide bonds. The van der Waals surface area contributed by atoms with Gasteiger partial charge in [0, 0.05) is 36.5 Å². The van der Waals surface area contributed by atoms with E-state index in [1.807, 2.05) is 26.8 Å². The second-order valence-electron chi connectivity index (χ2n) is 8.40. The largest absolute Gasteiger partial charge is 0.381 e. The Balaban J connectivity index is 1.67. The molecule has 2 atom stereocenters. The molecule has 0 radical (unpaired) electrons. The number of halogens is 2. The molecule has 1 aliphatic heterocycles. The zero-order chi connectivity index (χ0) is 22.9. The van der Waals surface area contributed by atoms with E-state index in [4.69, 9.17) is 4.98 Å². The van der Waals surface area contributed by atoms with Crippen molar-refractivity contribution in [2.45, 2.75) is 45.4 Å². The van der Waals surface area contributed by atoms with Crippen LogP contribution in [0.25, 0.3) is 5.57 Å². The van der Waals surface area contributed by atoms with E-state index in [2.05, 4.69) is 27.1 Å². The molecular formula is C24H27F2N5O. The number of rotatable bonds is 6. The molecule has 6 nitrogen and oxygen atoms in total. The molecule has 0 aliphatic carbocycles. The van der Waals surface area contributed by atoms with Gasteiger partial charge in [-0.05, 0) is 50.5 Å². The van der Waals surface area contributed by atoms with Gasteiger partial charge in [0.15, 0.2) is 0 Å². The molecule has 0 saturated carbocycles. The van der Waals surface area contributed by atoms with E-state index < -0.39 is 23.3 Å². The quantitative estimate of drug-likeness (QED) is 0.635. The molecule has 8 heteroatoms. The monoisotopic (exact) mass is 439 g/mol. The first-order chi connectivity index (χ1) is 15.3. The zero-order valence-electron chi connectivity index (χ0n) is 18.5. The summed E-state index contributed by atoms with van der Waals surface area (Å²) in [6, 6.07) is 6.83. The van der Waals surface area contributed by atoms with Gasteiger partial charge in [0.05, 0.1) is 12.2 Å². The fourth-order valence-corrected chi connectivity index (χ4v) is 4.24. The molecule has 1 aliphatic rings. The van der Waals surface area contributed by atoms with Gasteiger partial charge in [0.25, 0.3) is 0 Å². The second kappa shape index (κ2) is 8.88. The zero-order valence-corrected chi connectivity index (χ0v) is 18.5. The Morgan fingerprint density at radius 1 is 1.19 bits per heavy atom. The van der Waals surface area contributed by atoms with Crippen molar-refractivity contribution in [2.75, 3.05) is 13.1 Å². The number of aryl methyl sites for hydroxylation is 2. The Morgan fingerprint density at radius 3 is 2.69 bits per heavy atom. The highest BCUT2D eigenvalue weighted by Crippen LogP contribution is 2.34. The molecule has 3 aromatic rings. The number of benzene rings is 1. The minimum Gasteiger partial charge on any atom is -0.381 e. The average Bonchev–Trinajstić information content (AvgIpc) is 3.28. The summed E-state index contributed by atoms with van der Waals surface area (Å²) in [5, 5.41) is 15.9. The first-order valence-corrected chi connectivity index (χ1v) is 10.7. The fraction of sp³-hybridized carbons (Fsp3) is 0.375. The summed E-state index contributed by atoms with van der Waals surface area (Å²) in [7, 11) is 0. The number of aliphatic hydroxyl groups is 1. The first-order valence-electron chi connectivity index (χ1n) is 10.7. The third-order valence-corrected chi connectivity index (χ3v) is 6.37. The molecule has 4 rings (SSSR count). The van der Waals surface area contributed by atoms with Gasteiger partial charge in [-0.15, -0.1) is 0 Å². The molecule has 32 heavy (non-hydrogen) atoms. The topological polar surface area (TPSA) is 67.1 Å². The summed E-state index contributed by atoms with van der Waals surface area (Å²) in [5.74, 6) is -1.48. The van der Waals surface area contributed by atoms with E-state index >= 15 is 0 Å². The van der Waals surface area contributed by atoms with Crippen LogP contribution < -0.4 is 0 Å². The van der Waals surface area contributed by atoms with Crippen LogP contribution in [0.3, 0.4) is 0 Å². The van der Waals surface area contributed by atoms with E-state index in [1.165, 1.54) is 23.4 Å². The molecular weight excluding hydrogens is 412 g/mol. The third-order valence-electron chi connectivity index (χ3n) is 6.37. The second-order valence-corrected chi connectivity index (χ2v) is 8.40. The van der Waals surface area contributed by atoms with Crippen LogP contribution in [0.2, 0.25) is 0 Å². The molecule has 0 fully saturated rings. The van der Waals surface area contributed by atoms with E-state index in [1.54, 1.807) is 0 Å².